The monoisotopic (exact) mass is 185 g/mol. The van der Waals surface area contributed by atoms with Crippen LogP contribution in [0.15, 0.2) is 12.7 Å². The molecule has 0 N–H and O–H groups in total. The van der Waals surface area contributed by atoms with Crippen LogP contribution < -0.4 is 0 Å². The second-order valence-electron chi connectivity index (χ2n) is 3.26. The highest BCUT2D eigenvalue weighted by molar-refractivity contribution is 4.65. The van der Waals surface area contributed by atoms with Gasteiger partial charge in [-0.15, -0.1) is 6.58 Å². The van der Waals surface area contributed by atoms with E-state index < -0.39 is 0 Å². The van der Waals surface area contributed by atoms with Gasteiger partial charge in [-0.2, -0.15) is 0 Å². The molecule has 0 saturated carbocycles. The lowest BCUT2D eigenvalue weighted by molar-refractivity contribution is -0.480. The highest BCUT2D eigenvalue weighted by Gasteiger charge is 1.96. The number of hydrogen-bond acceptors (Lipinski definition) is 2. The van der Waals surface area contributed by atoms with Gasteiger partial charge in [0, 0.05) is 11.3 Å². The van der Waals surface area contributed by atoms with Crippen molar-refractivity contribution >= 4 is 0 Å². The van der Waals surface area contributed by atoms with Crippen LogP contribution in [0, 0.1) is 10.1 Å². The Morgan fingerprint density at radius 3 is 2.15 bits per heavy atom. The molecule has 13 heavy (non-hydrogen) atoms. The van der Waals surface area contributed by atoms with Gasteiger partial charge in [-0.1, -0.05) is 25.3 Å². The van der Waals surface area contributed by atoms with Gasteiger partial charge in [-0.05, 0) is 19.3 Å². The predicted octanol–water partition coefficient (Wildman–Crippen LogP) is 3.18. The van der Waals surface area contributed by atoms with Crippen molar-refractivity contribution in [1.82, 2.24) is 0 Å². The van der Waals surface area contributed by atoms with Crippen molar-refractivity contribution in [3.05, 3.63) is 22.8 Å². The Hall–Kier alpha value is -0.860. The fourth-order valence-corrected chi connectivity index (χ4v) is 1.24. The summed E-state index contributed by atoms with van der Waals surface area (Å²) in [6.07, 6.45) is 9.52. The van der Waals surface area contributed by atoms with Crippen molar-refractivity contribution in [2.45, 2.75) is 44.9 Å². The Bertz CT molecular complexity index is 146. The van der Waals surface area contributed by atoms with Gasteiger partial charge in [0.15, 0.2) is 0 Å². The molecule has 0 aliphatic heterocycles. The van der Waals surface area contributed by atoms with Gasteiger partial charge >= 0.3 is 0 Å². The maximum absolute atomic E-state index is 9.97. The summed E-state index contributed by atoms with van der Waals surface area (Å²) in [6, 6.07) is 0. The largest absolute Gasteiger partial charge is 0.265 e. The summed E-state index contributed by atoms with van der Waals surface area (Å²) < 4.78 is 0. The molecule has 0 aliphatic carbocycles. The van der Waals surface area contributed by atoms with Crippen molar-refractivity contribution in [3.63, 3.8) is 0 Å². The first kappa shape index (κ1) is 12.1. The third-order valence-electron chi connectivity index (χ3n) is 2.00. The van der Waals surface area contributed by atoms with Gasteiger partial charge in [-0.25, -0.2) is 0 Å². The Labute approximate surface area is 80.0 Å². The Kier molecular flexibility index (Phi) is 8.62. The molecule has 0 aromatic carbocycles. The number of nitro groups is 1. The van der Waals surface area contributed by atoms with Crippen molar-refractivity contribution in [2.75, 3.05) is 6.54 Å². The molecule has 76 valence electrons. The van der Waals surface area contributed by atoms with Crippen LogP contribution >= 0.6 is 0 Å². The van der Waals surface area contributed by atoms with E-state index in [0.717, 1.165) is 25.7 Å². The zero-order chi connectivity index (χ0) is 9.94. The third-order valence-corrected chi connectivity index (χ3v) is 2.00. The highest BCUT2D eigenvalue weighted by atomic mass is 16.6. The lowest BCUT2D eigenvalue weighted by Crippen LogP contribution is -1.99. The SMILES string of the molecule is C=CCCCCCCCC[N+](=O)[O-]. The van der Waals surface area contributed by atoms with Gasteiger partial charge in [-0.3, -0.25) is 10.1 Å². The van der Waals surface area contributed by atoms with Crippen LogP contribution in [0.2, 0.25) is 0 Å². The lowest BCUT2D eigenvalue weighted by atomic mass is 10.1. The number of hydrogen-bond donors (Lipinski definition) is 0. The molecule has 0 aromatic heterocycles. The first-order chi connectivity index (χ1) is 6.27. The van der Waals surface area contributed by atoms with Crippen LogP contribution in [0.4, 0.5) is 0 Å². The molecule has 0 unspecified atom stereocenters. The van der Waals surface area contributed by atoms with Crippen LogP contribution in [0.5, 0.6) is 0 Å². The molecule has 0 heterocycles. The van der Waals surface area contributed by atoms with Crippen molar-refractivity contribution in [1.29, 1.82) is 0 Å². The van der Waals surface area contributed by atoms with Crippen LogP contribution in [0.3, 0.4) is 0 Å². The van der Waals surface area contributed by atoms with Crippen LogP contribution in [-0.2, 0) is 0 Å². The molecule has 0 bridgehead atoms. The highest BCUT2D eigenvalue weighted by Crippen LogP contribution is 2.07. The molecule has 0 aromatic rings. The van der Waals surface area contributed by atoms with Crippen LogP contribution in [0.25, 0.3) is 0 Å². The summed E-state index contributed by atoms with van der Waals surface area (Å²) in [6.45, 7) is 3.78. The van der Waals surface area contributed by atoms with E-state index in [0.29, 0.717) is 0 Å². The summed E-state index contributed by atoms with van der Waals surface area (Å²) in [5.74, 6) is 0. The molecular weight excluding hydrogens is 166 g/mol. The Morgan fingerprint density at radius 1 is 1.08 bits per heavy atom. The topological polar surface area (TPSA) is 43.1 Å². The summed E-state index contributed by atoms with van der Waals surface area (Å²) >= 11 is 0. The first-order valence-electron chi connectivity index (χ1n) is 5.00. The maximum Gasteiger partial charge on any atom is 0.203 e. The van der Waals surface area contributed by atoms with Crippen molar-refractivity contribution in [2.24, 2.45) is 0 Å². The summed E-state index contributed by atoms with van der Waals surface area (Å²) in [5, 5.41) is 9.97. The minimum absolute atomic E-state index is 0.132. The maximum atomic E-state index is 9.97. The molecule has 0 spiro atoms. The normalized spacial score (nSPS) is 9.85. The number of unbranched alkanes of at least 4 members (excludes halogenated alkanes) is 6. The van der Waals surface area contributed by atoms with Crippen molar-refractivity contribution < 1.29 is 4.92 Å². The zero-order valence-corrected chi connectivity index (χ0v) is 8.21. The van der Waals surface area contributed by atoms with Gasteiger partial charge in [0.05, 0.1) is 0 Å². The Morgan fingerprint density at radius 2 is 1.62 bits per heavy atom. The van der Waals surface area contributed by atoms with E-state index in [9.17, 15) is 10.1 Å². The summed E-state index contributed by atoms with van der Waals surface area (Å²) in [4.78, 5) is 9.73. The van der Waals surface area contributed by atoms with Gasteiger partial charge in [0.1, 0.15) is 0 Å². The number of nitrogens with zero attached hydrogens (tertiary/aromatic N) is 1. The second-order valence-corrected chi connectivity index (χ2v) is 3.26. The molecule has 0 fully saturated rings. The zero-order valence-electron chi connectivity index (χ0n) is 8.21. The molecule has 0 atom stereocenters. The van der Waals surface area contributed by atoms with E-state index in [1.54, 1.807) is 0 Å². The molecular formula is C10H19NO2. The van der Waals surface area contributed by atoms with Crippen molar-refractivity contribution in [3.8, 4) is 0 Å². The van der Waals surface area contributed by atoms with Crippen LogP contribution in [-0.4, -0.2) is 11.5 Å². The van der Waals surface area contributed by atoms with E-state index in [-0.39, 0.29) is 11.5 Å². The fraction of sp³-hybridized carbons (Fsp3) is 0.800. The van der Waals surface area contributed by atoms with E-state index in [4.69, 9.17) is 0 Å². The minimum atomic E-state index is -0.238. The molecule has 3 nitrogen and oxygen atoms in total. The average molecular weight is 185 g/mol. The van der Waals surface area contributed by atoms with Gasteiger partial charge in [0.25, 0.3) is 0 Å². The van der Waals surface area contributed by atoms with E-state index in [1.165, 1.54) is 19.3 Å². The smallest absolute Gasteiger partial charge is 0.203 e. The van der Waals surface area contributed by atoms with E-state index >= 15 is 0 Å². The van der Waals surface area contributed by atoms with E-state index in [2.05, 4.69) is 6.58 Å². The van der Waals surface area contributed by atoms with E-state index in [1.807, 2.05) is 6.08 Å². The quantitative estimate of drug-likeness (QED) is 0.239. The van der Waals surface area contributed by atoms with Gasteiger partial charge in [0.2, 0.25) is 6.54 Å². The average Bonchev–Trinajstić information content (AvgIpc) is 2.09. The standard InChI is InChI=1S/C10H19NO2/c1-2-3-4-5-6-7-8-9-10-11(12)13/h2H,1,3-10H2. The molecule has 0 amide bonds. The minimum Gasteiger partial charge on any atom is -0.265 e. The molecule has 3 heteroatoms. The summed E-state index contributed by atoms with van der Waals surface area (Å²) in [7, 11) is 0. The number of rotatable bonds is 9. The number of allylic oxidation sites excluding steroid dienone is 1. The van der Waals surface area contributed by atoms with Gasteiger partial charge < -0.3 is 0 Å². The molecule has 0 rings (SSSR count). The van der Waals surface area contributed by atoms with Crippen LogP contribution in [0.1, 0.15) is 44.9 Å². The predicted molar refractivity (Wildman–Crippen MR) is 54.4 cm³/mol. The summed E-state index contributed by atoms with van der Waals surface area (Å²) in [5.41, 5.74) is 0. The fourth-order valence-electron chi connectivity index (χ4n) is 1.24. The first-order valence-corrected chi connectivity index (χ1v) is 5.00. The lowest BCUT2D eigenvalue weighted by Gasteiger charge is -1.97. The second kappa shape index (κ2) is 9.23. The molecule has 0 radical (unpaired) electrons. The molecule has 0 aliphatic rings. The third kappa shape index (κ3) is 11.1. The molecule has 0 saturated heterocycles. The Balaban J connectivity index is 2.91.